The molecule has 4 atom stereocenters. The van der Waals surface area contributed by atoms with Crippen LogP contribution in [-0.4, -0.2) is 36.0 Å². The summed E-state index contributed by atoms with van der Waals surface area (Å²) in [5.74, 6) is -3.65. The first-order valence-corrected chi connectivity index (χ1v) is 13.1. The molecule has 3 aliphatic rings. The summed E-state index contributed by atoms with van der Waals surface area (Å²) in [6.45, 7) is 6.98. The maximum atomic E-state index is 14.4. The number of para-hydroxylation sites is 1. The fourth-order valence-corrected chi connectivity index (χ4v) is 6.44. The van der Waals surface area contributed by atoms with Gasteiger partial charge in [0, 0.05) is 21.9 Å². The third-order valence-electron chi connectivity index (χ3n) is 7.39. The summed E-state index contributed by atoms with van der Waals surface area (Å²) < 4.78 is 11.9. The maximum absolute atomic E-state index is 14.4. The third-order valence-corrected chi connectivity index (χ3v) is 7.91. The van der Waals surface area contributed by atoms with Crippen molar-refractivity contribution in [2.45, 2.75) is 45.1 Å². The molecule has 1 spiro atoms. The molecule has 5 rings (SSSR count). The van der Waals surface area contributed by atoms with Crippen molar-refractivity contribution in [1.29, 1.82) is 0 Å². The van der Waals surface area contributed by atoms with Crippen LogP contribution < -0.4 is 4.90 Å². The van der Waals surface area contributed by atoms with Crippen LogP contribution >= 0.6 is 15.9 Å². The monoisotopic (exact) mass is 565 g/mol. The van der Waals surface area contributed by atoms with Crippen LogP contribution in [0.4, 0.5) is 10.5 Å². The molecular weight excluding hydrogens is 538 g/mol. The van der Waals surface area contributed by atoms with Crippen molar-refractivity contribution in [2.75, 3.05) is 11.5 Å². The second-order valence-electron chi connectivity index (χ2n) is 10.6. The number of hydrogen-bond acceptors (Lipinski definition) is 6. The van der Waals surface area contributed by atoms with Gasteiger partial charge in [0.1, 0.15) is 5.60 Å². The van der Waals surface area contributed by atoms with Gasteiger partial charge in [-0.05, 0) is 69.5 Å². The SMILES string of the molecule is CCOC(=O)[C@H]1[C@H]2C[C@H](/C(=C\c3ccc(Br)cc3)C2=O)[C@]12C(=O)N(C(=O)OC(C)(C)C)c1ccccc12. The topological polar surface area (TPSA) is 90.0 Å². The van der Waals surface area contributed by atoms with Crippen molar-refractivity contribution >= 4 is 51.4 Å². The van der Waals surface area contributed by atoms with Crippen molar-refractivity contribution in [2.24, 2.45) is 17.8 Å². The molecule has 0 N–H and O–H groups in total. The van der Waals surface area contributed by atoms with E-state index in [1.54, 1.807) is 58.0 Å². The predicted molar refractivity (Wildman–Crippen MR) is 141 cm³/mol. The number of benzene rings is 2. The number of rotatable bonds is 3. The largest absolute Gasteiger partial charge is 0.466 e. The van der Waals surface area contributed by atoms with Gasteiger partial charge in [-0.3, -0.25) is 14.4 Å². The Balaban J connectivity index is 1.70. The van der Waals surface area contributed by atoms with E-state index in [2.05, 4.69) is 15.9 Å². The van der Waals surface area contributed by atoms with Crippen molar-refractivity contribution < 1.29 is 28.7 Å². The minimum absolute atomic E-state index is 0.115. The normalized spacial score (nSPS) is 27.2. The van der Waals surface area contributed by atoms with Crippen LogP contribution in [0.2, 0.25) is 0 Å². The van der Waals surface area contributed by atoms with Gasteiger partial charge in [-0.1, -0.05) is 46.3 Å². The van der Waals surface area contributed by atoms with E-state index in [9.17, 15) is 19.2 Å². The smallest absolute Gasteiger partial charge is 0.421 e. The van der Waals surface area contributed by atoms with Gasteiger partial charge in [-0.25, -0.2) is 9.69 Å². The van der Waals surface area contributed by atoms with Gasteiger partial charge < -0.3 is 9.47 Å². The zero-order valence-electron chi connectivity index (χ0n) is 21.1. The number of allylic oxidation sites excluding steroid dienone is 1. The summed E-state index contributed by atoms with van der Waals surface area (Å²) >= 11 is 3.42. The number of ketones is 1. The van der Waals surface area contributed by atoms with Gasteiger partial charge in [0.2, 0.25) is 5.91 Å². The second kappa shape index (κ2) is 8.94. The minimum atomic E-state index is -1.44. The van der Waals surface area contributed by atoms with Gasteiger partial charge in [-0.15, -0.1) is 0 Å². The fourth-order valence-electron chi connectivity index (χ4n) is 6.17. The number of Topliss-reactive ketones (excluding diaryl/α,β-unsaturated/α-hetero) is 1. The van der Waals surface area contributed by atoms with Crippen molar-refractivity contribution in [1.82, 2.24) is 0 Å². The van der Waals surface area contributed by atoms with Crippen LogP contribution in [0.3, 0.4) is 0 Å². The van der Waals surface area contributed by atoms with Gasteiger partial charge in [0.05, 0.1) is 23.6 Å². The Bertz CT molecular complexity index is 1340. The molecule has 2 aromatic carbocycles. The summed E-state index contributed by atoms with van der Waals surface area (Å²) in [6.07, 6.45) is 1.32. The number of hydrogen-bond donors (Lipinski definition) is 0. The van der Waals surface area contributed by atoms with E-state index in [4.69, 9.17) is 9.47 Å². The molecule has 37 heavy (non-hydrogen) atoms. The maximum Gasteiger partial charge on any atom is 0.421 e. The molecule has 1 heterocycles. The van der Waals surface area contributed by atoms with Crippen LogP contribution in [-0.2, 0) is 29.3 Å². The van der Waals surface area contributed by atoms with Crippen molar-refractivity contribution in [3.8, 4) is 0 Å². The van der Waals surface area contributed by atoms with Gasteiger partial charge in [0.15, 0.2) is 5.78 Å². The Labute approximate surface area is 223 Å². The number of ether oxygens (including phenoxy) is 2. The summed E-state index contributed by atoms with van der Waals surface area (Å²) in [5, 5.41) is 0. The summed E-state index contributed by atoms with van der Waals surface area (Å²) in [7, 11) is 0. The molecule has 192 valence electrons. The lowest BCUT2D eigenvalue weighted by Crippen LogP contribution is -2.55. The number of anilines is 1. The zero-order valence-corrected chi connectivity index (χ0v) is 22.7. The zero-order chi connectivity index (χ0) is 26.7. The number of halogens is 1. The third kappa shape index (κ3) is 3.84. The molecule has 2 saturated carbocycles. The Morgan fingerprint density at radius 2 is 1.78 bits per heavy atom. The quantitative estimate of drug-likeness (QED) is 0.363. The van der Waals surface area contributed by atoms with E-state index < -0.39 is 46.7 Å². The van der Waals surface area contributed by atoms with Crippen LogP contribution in [0.5, 0.6) is 0 Å². The first kappa shape index (κ1) is 25.4. The van der Waals surface area contributed by atoms with Crippen LogP contribution in [0.25, 0.3) is 6.08 Å². The molecule has 2 amide bonds. The highest BCUT2D eigenvalue weighted by Gasteiger charge is 2.74. The first-order chi connectivity index (χ1) is 17.5. The van der Waals surface area contributed by atoms with Crippen molar-refractivity contribution in [3.63, 3.8) is 0 Å². The number of carbonyl (C=O) groups excluding carboxylic acids is 4. The van der Waals surface area contributed by atoms with E-state index in [0.29, 0.717) is 23.2 Å². The Morgan fingerprint density at radius 3 is 2.43 bits per heavy atom. The molecule has 2 aromatic rings. The summed E-state index contributed by atoms with van der Waals surface area (Å²) in [5.41, 5.74) is -0.0595. The molecule has 1 aliphatic heterocycles. The van der Waals surface area contributed by atoms with E-state index in [0.717, 1.165) is 14.9 Å². The van der Waals surface area contributed by atoms with Crippen LogP contribution in [0.1, 0.15) is 45.2 Å². The second-order valence-corrected chi connectivity index (χ2v) is 11.6. The Morgan fingerprint density at radius 1 is 1.11 bits per heavy atom. The number of carbonyl (C=O) groups is 4. The molecule has 2 fully saturated rings. The average molecular weight is 566 g/mol. The first-order valence-electron chi connectivity index (χ1n) is 12.4. The lowest BCUT2D eigenvalue weighted by atomic mass is 9.60. The van der Waals surface area contributed by atoms with Crippen LogP contribution in [0, 0.1) is 17.8 Å². The molecule has 8 heteroatoms. The number of imide groups is 1. The highest BCUT2D eigenvalue weighted by Crippen LogP contribution is 2.66. The standard InChI is InChI=1S/C29H28BrNO6/c1-5-36-25(33)23-19-15-21(18(24(19)32)14-16-10-12-17(30)13-11-16)29(23)20-8-6-7-9-22(20)31(26(29)34)27(35)37-28(2,3)4/h6-14,19,21,23H,5,15H2,1-4H3/b18-14+/t19-,21-,23-,29+/m1/s1. The van der Waals surface area contributed by atoms with Crippen LogP contribution in [0.15, 0.2) is 58.6 Å². The van der Waals surface area contributed by atoms with E-state index in [1.165, 1.54) is 0 Å². The van der Waals surface area contributed by atoms with E-state index in [1.807, 2.05) is 24.3 Å². The molecular formula is C29H28BrNO6. The molecule has 7 nitrogen and oxygen atoms in total. The van der Waals surface area contributed by atoms with E-state index in [-0.39, 0.29) is 12.4 Å². The summed E-state index contributed by atoms with van der Waals surface area (Å²) in [4.78, 5) is 55.9. The minimum Gasteiger partial charge on any atom is -0.466 e. The molecule has 0 radical (unpaired) electrons. The summed E-state index contributed by atoms with van der Waals surface area (Å²) in [6, 6.07) is 14.5. The van der Waals surface area contributed by atoms with Crippen molar-refractivity contribution in [3.05, 3.63) is 69.7 Å². The van der Waals surface area contributed by atoms with E-state index >= 15 is 0 Å². The Kier molecular flexibility index (Phi) is 6.14. The number of nitrogens with zero attached hydrogens (tertiary/aromatic N) is 1. The average Bonchev–Trinajstić information content (AvgIpc) is 3.42. The lowest BCUT2D eigenvalue weighted by molar-refractivity contribution is -0.156. The van der Waals surface area contributed by atoms with Gasteiger partial charge in [-0.2, -0.15) is 0 Å². The predicted octanol–water partition coefficient (Wildman–Crippen LogP) is 5.45. The van der Waals surface area contributed by atoms with Gasteiger partial charge in [0.25, 0.3) is 0 Å². The fraction of sp³-hybridized carbons (Fsp3) is 0.379. The molecule has 0 saturated heterocycles. The lowest BCUT2D eigenvalue weighted by Gasteiger charge is -2.39. The molecule has 2 aliphatic carbocycles. The highest BCUT2D eigenvalue weighted by molar-refractivity contribution is 9.10. The number of amides is 2. The molecule has 0 aromatic heterocycles. The van der Waals surface area contributed by atoms with Gasteiger partial charge >= 0.3 is 12.1 Å². The highest BCUT2D eigenvalue weighted by atomic mass is 79.9. The Hall–Kier alpha value is -3.26. The number of fused-ring (bicyclic) bond motifs is 5. The number of esters is 1. The molecule has 2 bridgehead atoms. The molecule has 0 unspecified atom stereocenters.